The summed E-state index contributed by atoms with van der Waals surface area (Å²) in [7, 11) is 0. The van der Waals surface area contributed by atoms with Gasteiger partial charge in [-0.2, -0.15) is 13.2 Å². The van der Waals surface area contributed by atoms with Crippen molar-refractivity contribution in [3.05, 3.63) is 23.9 Å². The Morgan fingerprint density at radius 2 is 2.07 bits per heavy atom. The van der Waals surface area contributed by atoms with Gasteiger partial charge in [-0.05, 0) is 26.0 Å². The lowest BCUT2D eigenvalue weighted by atomic mass is 10.3. The van der Waals surface area contributed by atoms with Gasteiger partial charge in [0.2, 0.25) is 5.88 Å². The minimum Gasteiger partial charge on any atom is -0.474 e. The molecule has 0 fully saturated rings. The number of halogens is 3. The normalized spacial score (nSPS) is 11.9. The molecule has 0 aliphatic rings. The molecule has 0 N–H and O–H groups in total. The van der Waals surface area contributed by atoms with E-state index in [-0.39, 0.29) is 12.0 Å². The zero-order chi connectivity index (χ0) is 10.8. The Morgan fingerprint density at radius 3 is 2.57 bits per heavy atom. The maximum absolute atomic E-state index is 12.2. The fraction of sp³-hybridized carbons (Fsp3) is 0.444. The van der Waals surface area contributed by atoms with Crippen LogP contribution in [-0.4, -0.2) is 11.1 Å². The van der Waals surface area contributed by atoms with E-state index in [1.165, 1.54) is 0 Å². The van der Waals surface area contributed by atoms with Crippen LogP contribution in [0.2, 0.25) is 0 Å². The molecule has 0 saturated heterocycles. The van der Waals surface area contributed by atoms with Crippen molar-refractivity contribution in [3.63, 3.8) is 0 Å². The van der Waals surface area contributed by atoms with Crippen LogP contribution in [0.25, 0.3) is 0 Å². The Balaban J connectivity index is 2.90. The zero-order valence-corrected chi connectivity index (χ0v) is 7.72. The standard InChI is InChI=1S/C9H9F3NO/c1-6(2)14-8-5-3-4-7(13-8)9(10,11)12/h3-4,6H,1-2H3. The van der Waals surface area contributed by atoms with Gasteiger partial charge in [-0.25, -0.2) is 4.98 Å². The highest BCUT2D eigenvalue weighted by atomic mass is 19.4. The van der Waals surface area contributed by atoms with E-state index >= 15 is 0 Å². The van der Waals surface area contributed by atoms with Crippen molar-refractivity contribution >= 4 is 0 Å². The number of hydrogen-bond donors (Lipinski definition) is 0. The monoisotopic (exact) mass is 204 g/mol. The van der Waals surface area contributed by atoms with E-state index in [1.807, 2.05) is 0 Å². The average molecular weight is 204 g/mol. The van der Waals surface area contributed by atoms with E-state index in [9.17, 15) is 13.2 Å². The summed E-state index contributed by atoms with van der Waals surface area (Å²) in [5.74, 6) is -0.130. The van der Waals surface area contributed by atoms with Gasteiger partial charge in [0.25, 0.3) is 0 Å². The summed E-state index contributed by atoms with van der Waals surface area (Å²) in [6.45, 7) is 3.41. The molecule has 0 aliphatic heterocycles. The minimum atomic E-state index is -4.44. The molecule has 1 rings (SSSR count). The number of ether oxygens (including phenoxy) is 1. The molecule has 0 saturated carbocycles. The maximum Gasteiger partial charge on any atom is 0.433 e. The molecule has 77 valence electrons. The number of rotatable bonds is 2. The van der Waals surface area contributed by atoms with E-state index in [0.29, 0.717) is 0 Å². The second-order valence-electron chi connectivity index (χ2n) is 2.94. The van der Waals surface area contributed by atoms with Crippen LogP contribution in [-0.2, 0) is 6.18 Å². The fourth-order valence-electron chi connectivity index (χ4n) is 0.812. The first-order valence-electron chi connectivity index (χ1n) is 4.02. The van der Waals surface area contributed by atoms with Gasteiger partial charge in [-0.15, -0.1) is 0 Å². The molecule has 1 aromatic rings. The van der Waals surface area contributed by atoms with Crippen molar-refractivity contribution in [3.8, 4) is 5.88 Å². The predicted molar refractivity (Wildman–Crippen MR) is 43.8 cm³/mol. The van der Waals surface area contributed by atoms with Crippen molar-refractivity contribution in [1.82, 2.24) is 4.98 Å². The number of pyridine rings is 1. The molecule has 0 bridgehead atoms. The highest BCUT2D eigenvalue weighted by Crippen LogP contribution is 2.28. The van der Waals surface area contributed by atoms with Crippen molar-refractivity contribution in [1.29, 1.82) is 0 Å². The summed E-state index contributed by atoms with van der Waals surface area (Å²) in [6, 6.07) is 4.48. The Labute approximate surface area is 79.7 Å². The van der Waals surface area contributed by atoms with Gasteiger partial charge >= 0.3 is 6.18 Å². The Morgan fingerprint density at radius 1 is 1.43 bits per heavy atom. The van der Waals surface area contributed by atoms with Crippen LogP contribution in [0, 0.1) is 6.07 Å². The van der Waals surface area contributed by atoms with Crippen molar-refractivity contribution in [2.24, 2.45) is 0 Å². The van der Waals surface area contributed by atoms with Crippen molar-refractivity contribution < 1.29 is 17.9 Å². The highest BCUT2D eigenvalue weighted by molar-refractivity contribution is 5.16. The molecule has 0 spiro atoms. The lowest BCUT2D eigenvalue weighted by Gasteiger charge is -2.10. The quantitative estimate of drug-likeness (QED) is 0.738. The largest absolute Gasteiger partial charge is 0.474 e. The first-order chi connectivity index (χ1) is 6.39. The second kappa shape index (κ2) is 3.86. The van der Waals surface area contributed by atoms with Crippen LogP contribution in [0.4, 0.5) is 13.2 Å². The third-order valence-corrected chi connectivity index (χ3v) is 1.31. The minimum absolute atomic E-state index is 0.130. The van der Waals surface area contributed by atoms with E-state index in [1.54, 1.807) is 13.8 Å². The van der Waals surface area contributed by atoms with Crippen molar-refractivity contribution in [2.45, 2.75) is 26.1 Å². The summed E-state index contributed by atoms with van der Waals surface area (Å²) >= 11 is 0. The summed E-state index contributed by atoms with van der Waals surface area (Å²) in [5, 5.41) is 0. The summed E-state index contributed by atoms with van der Waals surface area (Å²) in [4.78, 5) is 3.28. The van der Waals surface area contributed by atoms with Crippen LogP contribution in [0.3, 0.4) is 0 Å². The first kappa shape index (κ1) is 10.8. The lowest BCUT2D eigenvalue weighted by molar-refractivity contribution is -0.141. The molecule has 1 aromatic heterocycles. The second-order valence-corrected chi connectivity index (χ2v) is 2.94. The average Bonchev–Trinajstić information content (AvgIpc) is 2.01. The van der Waals surface area contributed by atoms with Gasteiger partial charge in [0.05, 0.1) is 6.10 Å². The molecule has 5 heteroatoms. The summed E-state index contributed by atoms with van der Waals surface area (Å²) in [6.07, 6.45) is -4.66. The third kappa shape index (κ3) is 2.90. The Hall–Kier alpha value is -1.26. The van der Waals surface area contributed by atoms with Crippen molar-refractivity contribution in [2.75, 3.05) is 0 Å². The number of aromatic nitrogens is 1. The van der Waals surface area contributed by atoms with Gasteiger partial charge in [-0.3, -0.25) is 0 Å². The van der Waals surface area contributed by atoms with Gasteiger partial charge in [-0.1, -0.05) is 0 Å². The van der Waals surface area contributed by atoms with Crippen LogP contribution in [0.1, 0.15) is 19.5 Å². The molecule has 1 heterocycles. The zero-order valence-electron chi connectivity index (χ0n) is 7.72. The van der Waals surface area contributed by atoms with Crippen LogP contribution in [0.15, 0.2) is 12.1 Å². The molecule has 1 radical (unpaired) electrons. The molecule has 0 unspecified atom stereocenters. The molecule has 0 amide bonds. The van der Waals surface area contributed by atoms with Gasteiger partial charge in [0, 0.05) is 6.07 Å². The number of nitrogens with zero attached hydrogens (tertiary/aromatic N) is 1. The van der Waals surface area contributed by atoms with Gasteiger partial charge in [0.1, 0.15) is 5.69 Å². The van der Waals surface area contributed by atoms with Gasteiger partial charge < -0.3 is 4.74 Å². The smallest absolute Gasteiger partial charge is 0.433 e. The summed E-state index contributed by atoms with van der Waals surface area (Å²) in [5.41, 5.74) is -0.966. The Kier molecular flexibility index (Phi) is 2.98. The fourth-order valence-corrected chi connectivity index (χ4v) is 0.812. The van der Waals surface area contributed by atoms with E-state index in [2.05, 4.69) is 11.1 Å². The van der Waals surface area contributed by atoms with E-state index < -0.39 is 11.9 Å². The molecular formula is C9H9F3NO. The molecule has 14 heavy (non-hydrogen) atoms. The number of alkyl halides is 3. The van der Waals surface area contributed by atoms with Gasteiger partial charge in [0.15, 0.2) is 0 Å². The van der Waals surface area contributed by atoms with Crippen LogP contribution in [0.5, 0.6) is 5.88 Å². The topological polar surface area (TPSA) is 22.1 Å². The third-order valence-electron chi connectivity index (χ3n) is 1.31. The molecular weight excluding hydrogens is 195 g/mol. The predicted octanol–water partition coefficient (Wildman–Crippen LogP) is 2.69. The maximum atomic E-state index is 12.2. The Bertz CT molecular complexity index is 309. The molecule has 0 aromatic carbocycles. The molecule has 0 aliphatic carbocycles. The van der Waals surface area contributed by atoms with E-state index in [0.717, 1.165) is 12.1 Å². The highest BCUT2D eigenvalue weighted by Gasteiger charge is 2.32. The molecule has 0 atom stereocenters. The summed E-state index contributed by atoms with van der Waals surface area (Å²) < 4.78 is 41.5. The lowest BCUT2D eigenvalue weighted by Crippen LogP contribution is -2.11. The first-order valence-corrected chi connectivity index (χ1v) is 4.02. The van der Waals surface area contributed by atoms with E-state index in [4.69, 9.17) is 4.74 Å². The number of hydrogen-bond acceptors (Lipinski definition) is 2. The molecule has 2 nitrogen and oxygen atoms in total. The van der Waals surface area contributed by atoms with Crippen LogP contribution < -0.4 is 4.74 Å². The SMILES string of the molecule is CC(C)Oc1[c]ccc(C(F)(F)F)n1. The van der Waals surface area contributed by atoms with Crippen LogP contribution >= 0.6 is 0 Å².